The number of methoxy groups -OCH3 is 1. The summed E-state index contributed by atoms with van der Waals surface area (Å²) in [5.74, 6) is -2.29. The molecule has 4 atom stereocenters. The van der Waals surface area contributed by atoms with Gasteiger partial charge >= 0.3 is 13.5 Å². The van der Waals surface area contributed by atoms with Gasteiger partial charge in [0.1, 0.15) is 21.3 Å². The fourth-order valence-electron chi connectivity index (χ4n) is 3.84. The smallest absolute Gasteiger partial charge is 0.493 e. The van der Waals surface area contributed by atoms with Crippen molar-refractivity contribution in [3.63, 3.8) is 0 Å². The second kappa shape index (κ2) is 7.88. The van der Waals surface area contributed by atoms with Crippen LogP contribution in [-0.4, -0.2) is 62.7 Å². The number of nitrogens with one attached hydrogen (secondary N) is 1. The minimum Gasteiger partial charge on any atom is -0.493 e. The molecule has 16 heteroatoms. The van der Waals surface area contributed by atoms with Crippen LogP contribution in [0.3, 0.4) is 0 Å². The van der Waals surface area contributed by atoms with E-state index in [0.29, 0.717) is 11.3 Å². The van der Waals surface area contributed by atoms with Crippen molar-refractivity contribution in [2.45, 2.75) is 36.0 Å². The zero-order valence-electron chi connectivity index (χ0n) is 18.4. The number of nitrogens with zero attached hydrogens (tertiary/aromatic N) is 1. The molecule has 1 aromatic carbocycles. The average Bonchev–Trinajstić information content (AvgIpc) is 2.97. The van der Waals surface area contributed by atoms with E-state index >= 15 is 4.39 Å². The molecule has 1 unspecified atom stereocenters. The normalized spacial score (nSPS) is 31.5. The SMILES string of the molecule is BC(B)(OP1(=O)OCc2cccc(OC)c2O1)[C@]1(F)C[C@@H](O)[C@](B)(n2ccc(=O)[nH]c2=O)O1. The van der Waals surface area contributed by atoms with Gasteiger partial charge in [-0.25, -0.2) is 13.8 Å². The van der Waals surface area contributed by atoms with Crippen LogP contribution in [0.25, 0.3) is 0 Å². The van der Waals surface area contributed by atoms with Crippen molar-refractivity contribution >= 4 is 31.4 Å². The van der Waals surface area contributed by atoms with E-state index in [2.05, 4.69) is 0 Å². The zero-order chi connectivity index (χ0) is 24.2. The number of aromatic amines is 1. The van der Waals surface area contributed by atoms with E-state index in [0.717, 1.165) is 16.8 Å². The molecular weight excluding hydrogens is 459 g/mol. The van der Waals surface area contributed by atoms with Gasteiger partial charge in [0.05, 0.1) is 25.2 Å². The molecular formula is C17H21B3FN2O9P. The van der Waals surface area contributed by atoms with E-state index in [1.807, 2.05) is 4.98 Å². The summed E-state index contributed by atoms with van der Waals surface area (Å²) in [6.07, 6.45) is -1.08. The highest BCUT2D eigenvalue weighted by Crippen LogP contribution is 2.60. The number of alkyl halides is 1. The molecule has 174 valence electrons. The number of fused-ring (bicyclic) bond motifs is 1. The van der Waals surface area contributed by atoms with E-state index in [1.165, 1.54) is 30.6 Å². The van der Waals surface area contributed by atoms with Crippen LogP contribution in [0.4, 0.5) is 4.39 Å². The van der Waals surface area contributed by atoms with Gasteiger partial charge in [-0.2, -0.15) is 0 Å². The maximum Gasteiger partial charge on any atom is 0.529 e. The summed E-state index contributed by atoms with van der Waals surface area (Å²) in [6, 6.07) is 6.03. The van der Waals surface area contributed by atoms with Gasteiger partial charge in [0, 0.05) is 24.2 Å². The van der Waals surface area contributed by atoms with Gasteiger partial charge in [-0.3, -0.25) is 23.4 Å². The van der Waals surface area contributed by atoms with Crippen LogP contribution in [-0.2, 0) is 30.6 Å². The van der Waals surface area contributed by atoms with E-state index < -0.39 is 48.5 Å². The summed E-state index contributed by atoms with van der Waals surface area (Å²) in [5.41, 5.74) is -2.89. The number of halogens is 1. The summed E-state index contributed by atoms with van der Waals surface area (Å²) < 4.78 is 57.4. The Morgan fingerprint density at radius 1 is 1.36 bits per heavy atom. The first-order chi connectivity index (χ1) is 15.3. The maximum atomic E-state index is 16.1. The van der Waals surface area contributed by atoms with Gasteiger partial charge < -0.3 is 19.1 Å². The second-order valence-corrected chi connectivity index (χ2v) is 9.97. The molecule has 2 aromatic rings. The zero-order valence-corrected chi connectivity index (χ0v) is 19.3. The highest BCUT2D eigenvalue weighted by molar-refractivity contribution is 7.49. The molecule has 4 rings (SSSR count). The lowest BCUT2D eigenvalue weighted by Crippen LogP contribution is -2.56. The molecule has 2 aliphatic heterocycles. The molecule has 1 fully saturated rings. The Bertz CT molecular complexity index is 1240. The van der Waals surface area contributed by atoms with Crippen molar-refractivity contribution in [3.05, 3.63) is 56.9 Å². The third-order valence-corrected chi connectivity index (χ3v) is 7.38. The number of hydrogen-bond acceptors (Lipinski definition) is 9. The predicted molar refractivity (Wildman–Crippen MR) is 120 cm³/mol. The van der Waals surface area contributed by atoms with E-state index in [9.17, 15) is 19.3 Å². The minimum atomic E-state index is -4.35. The number of aliphatic hydroxyl groups excluding tert-OH is 1. The fourth-order valence-corrected chi connectivity index (χ4v) is 5.41. The van der Waals surface area contributed by atoms with Gasteiger partial charge in [-0.1, -0.05) is 12.1 Å². The lowest BCUT2D eigenvalue weighted by molar-refractivity contribution is -0.219. The van der Waals surface area contributed by atoms with Crippen molar-refractivity contribution in [2.75, 3.05) is 7.11 Å². The lowest BCUT2D eigenvalue weighted by Gasteiger charge is -2.40. The number of aliphatic hydroxyl groups is 1. The Kier molecular flexibility index (Phi) is 5.69. The summed E-state index contributed by atoms with van der Waals surface area (Å²) in [6.45, 7) is -0.132. The number of H-pyrrole nitrogens is 1. The quantitative estimate of drug-likeness (QED) is 0.364. The Hall–Kier alpha value is -2.31. The first kappa shape index (κ1) is 23.8. The summed E-state index contributed by atoms with van der Waals surface area (Å²) in [5, 5.41) is 8.66. The number of aromatic nitrogens is 2. The molecule has 0 saturated carbocycles. The van der Waals surface area contributed by atoms with Crippen LogP contribution in [0, 0.1) is 0 Å². The van der Waals surface area contributed by atoms with E-state index in [4.69, 9.17) is 23.0 Å². The van der Waals surface area contributed by atoms with Crippen LogP contribution in [0.15, 0.2) is 40.1 Å². The molecule has 11 nitrogen and oxygen atoms in total. The maximum absolute atomic E-state index is 16.1. The van der Waals surface area contributed by atoms with E-state index in [-0.39, 0.29) is 12.4 Å². The first-order valence-electron chi connectivity index (χ1n) is 10.0. The third-order valence-electron chi connectivity index (χ3n) is 5.85. The van der Waals surface area contributed by atoms with Gasteiger partial charge in [0.2, 0.25) is 5.85 Å². The van der Waals surface area contributed by atoms with Crippen LogP contribution >= 0.6 is 7.82 Å². The Morgan fingerprint density at radius 3 is 2.76 bits per heavy atom. The molecule has 33 heavy (non-hydrogen) atoms. The van der Waals surface area contributed by atoms with Gasteiger partial charge in [-0.15, -0.1) is 0 Å². The summed E-state index contributed by atoms with van der Waals surface area (Å²) >= 11 is 0. The summed E-state index contributed by atoms with van der Waals surface area (Å²) in [7, 11) is 0.855. The number of phosphoric ester groups is 1. The molecule has 2 aliphatic rings. The van der Waals surface area contributed by atoms with Crippen molar-refractivity contribution in [2.24, 2.45) is 0 Å². The monoisotopic (exact) mass is 480 g/mol. The van der Waals surface area contributed by atoms with Crippen molar-refractivity contribution < 1.29 is 37.1 Å². The van der Waals surface area contributed by atoms with Gasteiger partial charge in [0.15, 0.2) is 19.3 Å². The topological polar surface area (TPSA) is 138 Å². The average molecular weight is 480 g/mol. The third kappa shape index (κ3) is 3.98. The Morgan fingerprint density at radius 2 is 2.09 bits per heavy atom. The minimum absolute atomic E-state index is 0.132. The first-order valence-corrected chi connectivity index (χ1v) is 11.5. The van der Waals surface area contributed by atoms with Gasteiger partial charge in [0.25, 0.3) is 5.56 Å². The fraction of sp³-hybridized carbons (Fsp3) is 0.412. The second-order valence-electron chi connectivity index (χ2n) is 8.45. The predicted octanol–water partition coefficient (Wildman–Crippen LogP) is -2.11. The molecule has 0 amide bonds. The van der Waals surface area contributed by atoms with Crippen LogP contribution in [0.5, 0.6) is 11.5 Å². The van der Waals surface area contributed by atoms with E-state index in [1.54, 1.807) is 18.2 Å². The number of para-hydroxylation sites is 1. The lowest BCUT2D eigenvalue weighted by atomic mass is 9.60. The number of rotatable bonds is 5. The molecule has 0 bridgehead atoms. The highest BCUT2D eigenvalue weighted by Gasteiger charge is 2.63. The molecule has 3 heterocycles. The van der Waals surface area contributed by atoms with Crippen LogP contribution in [0.2, 0.25) is 0 Å². The standard InChI is InChI=1S/C17H21B3FN2O9P/c1-28-10-4-2-3-9-8-29-33(27,30-13(9)10)32-17(19,20)15(21)7-11(24)16(18,31-15)23-6-5-12(25)22-14(23)26/h2-6,11,24H,7-8,18-20H2,1H3,(H,22,25,26)/t11-,15+,16+,33?/m1/s1. The number of ether oxygens (including phenoxy) is 2. The summed E-state index contributed by atoms with van der Waals surface area (Å²) in [4.78, 5) is 25.7. The van der Waals surface area contributed by atoms with Crippen molar-refractivity contribution in [1.82, 2.24) is 9.55 Å². The molecule has 0 spiro atoms. The molecule has 2 N–H and O–H groups in total. The Labute approximate surface area is 190 Å². The highest BCUT2D eigenvalue weighted by atomic mass is 31.2. The van der Waals surface area contributed by atoms with Gasteiger partial charge in [-0.05, 0) is 6.07 Å². The van der Waals surface area contributed by atoms with Crippen LogP contribution < -0.4 is 20.5 Å². The number of phosphoric acid groups is 1. The number of hydrogen-bond donors (Lipinski definition) is 2. The largest absolute Gasteiger partial charge is 0.529 e. The molecule has 1 aromatic heterocycles. The molecule has 0 radical (unpaired) electrons. The Balaban J connectivity index is 1.63. The number of benzene rings is 1. The molecule has 0 aliphatic carbocycles. The van der Waals surface area contributed by atoms with Crippen LogP contribution in [0.1, 0.15) is 12.0 Å². The molecule has 1 saturated heterocycles. The van der Waals surface area contributed by atoms with Crippen molar-refractivity contribution in [3.8, 4) is 11.5 Å². The van der Waals surface area contributed by atoms with Crippen molar-refractivity contribution in [1.29, 1.82) is 0 Å².